The molecule has 3 rings (SSSR count). The summed E-state index contributed by atoms with van der Waals surface area (Å²) in [5, 5.41) is 0.228. The summed E-state index contributed by atoms with van der Waals surface area (Å²) in [7, 11) is 1.38. The molecule has 0 spiro atoms. The second-order valence-corrected chi connectivity index (χ2v) is 4.15. The maximum atomic E-state index is 13.5. The lowest BCUT2D eigenvalue weighted by molar-refractivity contribution is 0.416. The Morgan fingerprint density at radius 3 is 2.70 bits per heavy atom. The van der Waals surface area contributed by atoms with Crippen LogP contribution in [-0.2, 0) is 0 Å². The number of aromatic amines is 1. The van der Waals surface area contributed by atoms with Crippen molar-refractivity contribution in [3.05, 3.63) is 52.8 Å². The molecule has 100 valence electrons. The van der Waals surface area contributed by atoms with Gasteiger partial charge in [-0.1, -0.05) is 0 Å². The third-order valence-electron chi connectivity index (χ3n) is 2.91. The van der Waals surface area contributed by atoms with Crippen molar-refractivity contribution in [2.24, 2.45) is 0 Å². The van der Waals surface area contributed by atoms with Gasteiger partial charge >= 0.3 is 0 Å². The van der Waals surface area contributed by atoms with E-state index in [-0.39, 0.29) is 22.2 Å². The number of nitrogens with zero attached hydrogens (tertiary/aromatic N) is 2. The molecule has 1 aromatic carbocycles. The van der Waals surface area contributed by atoms with Gasteiger partial charge in [0.05, 0.1) is 12.6 Å². The number of nitrogens with one attached hydrogen (secondary N) is 1. The molecular weight excluding hydrogens is 261 g/mol. The van der Waals surface area contributed by atoms with Crippen molar-refractivity contribution in [2.75, 3.05) is 7.11 Å². The van der Waals surface area contributed by atoms with E-state index in [2.05, 4.69) is 15.0 Å². The van der Waals surface area contributed by atoms with Gasteiger partial charge < -0.3 is 9.72 Å². The van der Waals surface area contributed by atoms with Gasteiger partial charge in [-0.25, -0.2) is 9.37 Å². The third-order valence-corrected chi connectivity index (χ3v) is 2.91. The van der Waals surface area contributed by atoms with E-state index >= 15 is 0 Å². The Kier molecular flexibility index (Phi) is 2.90. The van der Waals surface area contributed by atoms with Gasteiger partial charge in [-0.15, -0.1) is 0 Å². The summed E-state index contributed by atoms with van der Waals surface area (Å²) in [6.07, 6.45) is 3.18. The molecule has 0 bridgehead atoms. The van der Waals surface area contributed by atoms with Gasteiger partial charge in [0.15, 0.2) is 0 Å². The van der Waals surface area contributed by atoms with E-state index in [1.165, 1.54) is 13.2 Å². The maximum absolute atomic E-state index is 13.5. The number of pyridine rings is 1. The van der Waals surface area contributed by atoms with Gasteiger partial charge in [-0.05, 0) is 12.1 Å². The molecule has 2 heterocycles. The Bertz CT molecular complexity index is 831. The van der Waals surface area contributed by atoms with Gasteiger partial charge in [0.1, 0.15) is 22.8 Å². The van der Waals surface area contributed by atoms with Crippen LogP contribution in [0, 0.1) is 5.82 Å². The van der Waals surface area contributed by atoms with E-state index in [1.54, 1.807) is 24.5 Å². The van der Waals surface area contributed by atoms with Gasteiger partial charge in [0, 0.05) is 30.1 Å². The lowest BCUT2D eigenvalue weighted by atomic mass is 10.2. The van der Waals surface area contributed by atoms with Gasteiger partial charge in [0.2, 0.25) is 0 Å². The second kappa shape index (κ2) is 4.73. The fourth-order valence-electron chi connectivity index (χ4n) is 2.01. The Labute approximate surface area is 113 Å². The highest BCUT2D eigenvalue weighted by Gasteiger charge is 2.12. The number of halogens is 1. The zero-order valence-corrected chi connectivity index (χ0v) is 10.6. The van der Waals surface area contributed by atoms with Crippen LogP contribution in [0.15, 0.2) is 41.5 Å². The van der Waals surface area contributed by atoms with Crippen LogP contribution in [0.1, 0.15) is 0 Å². The SMILES string of the molecule is COc1cc(F)cc2nc(-c3ccncc3)[nH]c(=O)c12. The van der Waals surface area contributed by atoms with E-state index in [0.29, 0.717) is 11.4 Å². The highest BCUT2D eigenvalue weighted by atomic mass is 19.1. The number of fused-ring (bicyclic) bond motifs is 1. The molecule has 0 aliphatic rings. The van der Waals surface area contributed by atoms with E-state index in [9.17, 15) is 9.18 Å². The summed E-state index contributed by atoms with van der Waals surface area (Å²) in [5.74, 6) is 0.0145. The average Bonchev–Trinajstić information content (AvgIpc) is 2.46. The minimum Gasteiger partial charge on any atom is -0.496 e. The van der Waals surface area contributed by atoms with Crippen LogP contribution < -0.4 is 10.3 Å². The monoisotopic (exact) mass is 271 g/mol. The minimum absolute atomic E-state index is 0.162. The molecule has 2 aromatic heterocycles. The van der Waals surface area contributed by atoms with E-state index in [4.69, 9.17) is 4.74 Å². The molecular formula is C14H10FN3O2. The third kappa shape index (κ3) is 2.01. The van der Waals surface area contributed by atoms with E-state index in [0.717, 1.165) is 6.07 Å². The smallest absolute Gasteiger partial charge is 0.262 e. The number of aromatic nitrogens is 3. The Hall–Kier alpha value is -2.76. The molecule has 1 N–H and O–H groups in total. The lowest BCUT2D eigenvalue weighted by Crippen LogP contribution is -2.11. The molecule has 0 saturated carbocycles. The summed E-state index contributed by atoms with van der Waals surface area (Å²) in [4.78, 5) is 23.0. The first kappa shape index (κ1) is 12.3. The van der Waals surface area contributed by atoms with Crippen molar-refractivity contribution >= 4 is 10.9 Å². The predicted molar refractivity (Wildman–Crippen MR) is 72.1 cm³/mol. The van der Waals surface area contributed by atoms with E-state index in [1.807, 2.05) is 0 Å². The van der Waals surface area contributed by atoms with Gasteiger partial charge in [0.25, 0.3) is 5.56 Å². The molecule has 0 radical (unpaired) electrons. The summed E-state index contributed by atoms with van der Waals surface area (Å²) < 4.78 is 18.5. The Morgan fingerprint density at radius 2 is 2.00 bits per heavy atom. The summed E-state index contributed by atoms with van der Waals surface area (Å²) in [6, 6.07) is 5.78. The average molecular weight is 271 g/mol. The first-order chi connectivity index (χ1) is 9.69. The molecule has 0 saturated heterocycles. The Balaban J connectivity index is 2.33. The number of hydrogen-bond acceptors (Lipinski definition) is 4. The van der Waals surface area contributed by atoms with Crippen molar-refractivity contribution in [1.82, 2.24) is 15.0 Å². The maximum Gasteiger partial charge on any atom is 0.262 e. The minimum atomic E-state index is -0.506. The molecule has 0 atom stereocenters. The normalized spacial score (nSPS) is 10.7. The van der Waals surface area contributed by atoms with Gasteiger partial charge in [-0.2, -0.15) is 0 Å². The van der Waals surface area contributed by atoms with Crippen molar-refractivity contribution in [3.8, 4) is 17.1 Å². The zero-order valence-electron chi connectivity index (χ0n) is 10.6. The number of benzene rings is 1. The van der Waals surface area contributed by atoms with Crippen LogP contribution in [0.4, 0.5) is 4.39 Å². The predicted octanol–water partition coefficient (Wildman–Crippen LogP) is 2.13. The van der Waals surface area contributed by atoms with Crippen molar-refractivity contribution in [2.45, 2.75) is 0 Å². The van der Waals surface area contributed by atoms with Crippen molar-refractivity contribution in [3.63, 3.8) is 0 Å². The largest absolute Gasteiger partial charge is 0.496 e. The molecule has 0 aliphatic heterocycles. The Morgan fingerprint density at radius 1 is 1.25 bits per heavy atom. The fourth-order valence-corrected chi connectivity index (χ4v) is 2.01. The first-order valence-electron chi connectivity index (χ1n) is 5.87. The number of ether oxygens (including phenoxy) is 1. The lowest BCUT2D eigenvalue weighted by Gasteiger charge is -2.06. The van der Waals surface area contributed by atoms with Crippen LogP contribution in [0.2, 0.25) is 0 Å². The zero-order chi connectivity index (χ0) is 14.1. The molecule has 0 fully saturated rings. The molecule has 0 aliphatic carbocycles. The molecule has 5 nitrogen and oxygen atoms in total. The van der Waals surface area contributed by atoms with Crippen LogP contribution in [-0.4, -0.2) is 22.1 Å². The van der Waals surface area contributed by atoms with Crippen LogP contribution in [0.5, 0.6) is 5.75 Å². The summed E-state index contributed by atoms with van der Waals surface area (Å²) in [6.45, 7) is 0. The quantitative estimate of drug-likeness (QED) is 0.775. The second-order valence-electron chi connectivity index (χ2n) is 4.15. The van der Waals surface area contributed by atoms with Gasteiger partial charge in [-0.3, -0.25) is 9.78 Å². The number of H-pyrrole nitrogens is 1. The summed E-state index contributed by atoms with van der Waals surface area (Å²) >= 11 is 0. The molecule has 6 heteroatoms. The number of methoxy groups -OCH3 is 1. The number of hydrogen-bond donors (Lipinski definition) is 1. The number of rotatable bonds is 2. The molecule has 20 heavy (non-hydrogen) atoms. The van der Waals surface area contributed by atoms with Crippen molar-refractivity contribution < 1.29 is 9.13 Å². The molecule has 0 amide bonds. The summed E-state index contributed by atoms with van der Waals surface area (Å²) in [5.41, 5.74) is 0.568. The van der Waals surface area contributed by atoms with Crippen LogP contribution in [0.25, 0.3) is 22.3 Å². The molecule has 0 unspecified atom stereocenters. The van der Waals surface area contributed by atoms with Crippen LogP contribution >= 0.6 is 0 Å². The fraction of sp³-hybridized carbons (Fsp3) is 0.0714. The van der Waals surface area contributed by atoms with E-state index < -0.39 is 5.82 Å². The first-order valence-corrected chi connectivity index (χ1v) is 5.87. The standard InChI is InChI=1S/C14H10FN3O2/c1-20-11-7-9(15)6-10-12(11)14(19)18-13(17-10)8-2-4-16-5-3-8/h2-7H,1H3,(H,17,18,19). The highest BCUT2D eigenvalue weighted by Crippen LogP contribution is 2.24. The highest BCUT2D eigenvalue weighted by molar-refractivity contribution is 5.85. The molecule has 3 aromatic rings. The topological polar surface area (TPSA) is 67.9 Å². The van der Waals surface area contributed by atoms with Crippen molar-refractivity contribution in [1.29, 1.82) is 0 Å². The van der Waals surface area contributed by atoms with Crippen LogP contribution in [0.3, 0.4) is 0 Å².